The van der Waals surface area contributed by atoms with Gasteiger partial charge < -0.3 is 5.32 Å². The van der Waals surface area contributed by atoms with Gasteiger partial charge in [-0.15, -0.1) is 0 Å². The highest BCUT2D eigenvalue weighted by Crippen LogP contribution is 2.23. The topological polar surface area (TPSA) is 111 Å². The zero-order valence-corrected chi connectivity index (χ0v) is 18.8. The highest BCUT2D eigenvalue weighted by atomic mass is 127. The lowest BCUT2D eigenvalue weighted by molar-refractivity contribution is 0.0950. The molecule has 4 aromatic rings. The molecule has 0 aliphatic heterocycles. The van der Waals surface area contributed by atoms with Gasteiger partial charge in [0.05, 0.1) is 16.3 Å². The predicted octanol–water partition coefficient (Wildman–Crippen LogP) is 1.97. The fraction of sp³-hybridized carbons (Fsp3) is 0.158. The Morgan fingerprint density at radius 2 is 2.03 bits per heavy atom. The summed E-state index contributed by atoms with van der Waals surface area (Å²) in [5.74, 6) is 0.0912. The van der Waals surface area contributed by atoms with Crippen LogP contribution in [-0.2, 0) is 29.2 Å². The minimum absolute atomic E-state index is 0.181. The van der Waals surface area contributed by atoms with Crippen molar-refractivity contribution >= 4 is 44.1 Å². The molecular weight excluding hydrogens is 519 g/mol. The number of sulfone groups is 1. The maximum absolute atomic E-state index is 12.7. The van der Waals surface area contributed by atoms with Crippen molar-refractivity contribution in [1.82, 2.24) is 29.5 Å². The number of nitrogens with one attached hydrogen (secondary N) is 1. The second kappa shape index (κ2) is 8.14. The summed E-state index contributed by atoms with van der Waals surface area (Å²) in [7, 11) is -1.84. The molecular formula is C19H17IN6O3S. The number of hydrogen-bond acceptors (Lipinski definition) is 6. The number of aromatic nitrogens is 5. The SMILES string of the molecule is Cn1ccc(CS(=O)(=O)c2ccc(C(=O)NCc3cnc4nccn4c3)cc2I)n1. The van der Waals surface area contributed by atoms with Crippen LogP contribution in [0.3, 0.4) is 0 Å². The van der Waals surface area contributed by atoms with Gasteiger partial charge in [0.1, 0.15) is 0 Å². The van der Waals surface area contributed by atoms with Crippen molar-refractivity contribution in [2.24, 2.45) is 7.05 Å². The normalized spacial score (nSPS) is 11.7. The third-order valence-corrected chi connectivity index (χ3v) is 7.35. The molecule has 154 valence electrons. The average molecular weight is 536 g/mol. The quantitative estimate of drug-likeness (QED) is 0.378. The Morgan fingerprint density at radius 1 is 1.20 bits per heavy atom. The average Bonchev–Trinajstić information content (AvgIpc) is 3.33. The molecule has 0 saturated heterocycles. The number of fused-ring (bicyclic) bond motifs is 1. The van der Waals surface area contributed by atoms with Gasteiger partial charge in [-0.2, -0.15) is 5.10 Å². The first-order valence-electron chi connectivity index (χ1n) is 8.88. The third kappa shape index (κ3) is 4.36. The fourth-order valence-electron chi connectivity index (χ4n) is 2.94. The Labute approximate surface area is 186 Å². The van der Waals surface area contributed by atoms with Crippen LogP contribution >= 0.6 is 22.6 Å². The molecule has 0 radical (unpaired) electrons. The van der Waals surface area contributed by atoms with Gasteiger partial charge in [-0.1, -0.05) is 0 Å². The Kier molecular flexibility index (Phi) is 5.56. The highest BCUT2D eigenvalue weighted by molar-refractivity contribution is 14.1. The number of benzene rings is 1. The minimum atomic E-state index is -3.58. The molecule has 4 rings (SSSR count). The van der Waals surface area contributed by atoms with Gasteiger partial charge in [-0.25, -0.2) is 18.4 Å². The van der Waals surface area contributed by atoms with Crippen molar-refractivity contribution in [3.05, 3.63) is 75.6 Å². The standard InChI is InChI=1S/C19H17IN6O3S/c1-25-6-4-15(24-25)12-30(28,29)17-3-2-14(8-16(17)20)18(27)22-9-13-10-23-19-21-5-7-26(19)11-13/h2-8,10-11H,9,12H2,1H3,(H,22,27). The van der Waals surface area contributed by atoms with E-state index < -0.39 is 9.84 Å². The first-order valence-corrected chi connectivity index (χ1v) is 11.6. The number of rotatable bonds is 6. The van der Waals surface area contributed by atoms with Crippen LogP contribution in [0.25, 0.3) is 5.78 Å². The van der Waals surface area contributed by atoms with Crippen LogP contribution < -0.4 is 5.32 Å². The van der Waals surface area contributed by atoms with Gasteiger partial charge in [-0.05, 0) is 46.9 Å². The smallest absolute Gasteiger partial charge is 0.251 e. The van der Waals surface area contributed by atoms with Crippen LogP contribution in [0.1, 0.15) is 21.6 Å². The summed E-state index contributed by atoms with van der Waals surface area (Å²) >= 11 is 1.94. The number of halogens is 1. The first kappa shape index (κ1) is 20.5. The van der Waals surface area contributed by atoms with E-state index in [1.807, 2.05) is 28.8 Å². The van der Waals surface area contributed by atoms with Gasteiger partial charge in [0, 0.05) is 59.3 Å². The van der Waals surface area contributed by atoms with Crippen molar-refractivity contribution in [1.29, 1.82) is 0 Å². The van der Waals surface area contributed by atoms with Crippen LogP contribution in [-0.4, -0.2) is 38.5 Å². The first-order chi connectivity index (χ1) is 14.3. The molecule has 0 fully saturated rings. The number of imidazole rings is 1. The van der Waals surface area contributed by atoms with E-state index in [0.717, 1.165) is 5.56 Å². The van der Waals surface area contributed by atoms with Crippen molar-refractivity contribution < 1.29 is 13.2 Å². The molecule has 30 heavy (non-hydrogen) atoms. The maximum atomic E-state index is 12.7. The van der Waals surface area contributed by atoms with Gasteiger partial charge in [0.2, 0.25) is 5.78 Å². The summed E-state index contributed by atoms with van der Waals surface area (Å²) in [6.07, 6.45) is 8.62. The van der Waals surface area contributed by atoms with Gasteiger partial charge in [0.25, 0.3) is 5.91 Å². The van der Waals surface area contributed by atoms with E-state index in [4.69, 9.17) is 0 Å². The molecule has 1 aromatic carbocycles. The number of hydrogen-bond donors (Lipinski definition) is 1. The van der Waals surface area contributed by atoms with E-state index >= 15 is 0 Å². The predicted molar refractivity (Wildman–Crippen MR) is 117 cm³/mol. The van der Waals surface area contributed by atoms with E-state index in [2.05, 4.69) is 20.4 Å². The molecule has 0 atom stereocenters. The summed E-state index contributed by atoms with van der Waals surface area (Å²) in [4.78, 5) is 21.0. The van der Waals surface area contributed by atoms with E-state index in [-0.39, 0.29) is 23.1 Å². The monoisotopic (exact) mass is 536 g/mol. The minimum Gasteiger partial charge on any atom is -0.348 e. The number of nitrogens with zero attached hydrogens (tertiary/aromatic N) is 5. The molecule has 0 spiro atoms. The Hall–Kier alpha value is -2.80. The number of aryl methyl sites for hydroxylation is 1. The van der Waals surface area contributed by atoms with Crippen LogP contribution in [0.15, 0.2) is 60.1 Å². The zero-order valence-electron chi connectivity index (χ0n) is 15.9. The van der Waals surface area contributed by atoms with Gasteiger partial charge in [0.15, 0.2) is 9.84 Å². The van der Waals surface area contributed by atoms with Crippen molar-refractivity contribution in [2.45, 2.75) is 17.2 Å². The van der Waals surface area contributed by atoms with Crippen LogP contribution in [0.4, 0.5) is 0 Å². The largest absolute Gasteiger partial charge is 0.348 e. The zero-order chi connectivity index (χ0) is 21.3. The molecule has 3 heterocycles. The third-order valence-electron chi connectivity index (χ3n) is 4.39. The lowest BCUT2D eigenvalue weighted by atomic mass is 10.2. The molecule has 11 heteroatoms. The molecule has 3 aromatic heterocycles. The fourth-order valence-corrected chi connectivity index (χ4v) is 5.79. The van der Waals surface area contributed by atoms with E-state index in [0.29, 0.717) is 20.6 Å². The van der Waals surface area contributed by atoms with Crippen LogP contribution in [0, 0.1) is 3.57 Å². The van der Waals surface area contributed by atoms with E-state index in [1.165, 1.54) is 12.1 Å². The second-order valence-corrected chi connectivity index (χ2v) is 9.78. The maximum Gasteiger partial charge on any atom is 0.251 e. The Morgan fingerprint density at radius 3 is 2.77 bits per heavy atom. The van der Waals surface area contributed by atoms with E-state index in [9.17, 15) is 13.2 Å². The summed E-state index contributed by atoms with van der Waals surface area (Å²) in [5.41, 5.74) is 1.67. The summed E-state index contributed by atoms with van der Waals surface area (Å²) in [6.45, 7) is 0.288. The molecule has 9 nitrogen and oxygen atoms in total. The van der Waals surface area contributed by atoms with Crippen LogP contribution in [0.2, 0.25) is 0 Å². The van der Waals surface area contributed by atoms with E-state index in [1.54, 1.807) is 53.1 Å². The molecule has 1 N–H and O–H groups in total. The van der Waals surface area contributed by atoms with Gasteiger partial charge >= 0.3 is 0 Å². The molecule has 0 saturated carbocycles. The lowest BCUT2D eigenvalue weighted by Gasteiger charge is -2.09. The summed E-state index contributed by atoms with van der Waals surface area (Å²) in [5, 5.41) is 6.95. The van der Waals surface area contributed by atoms with Gasteiger partial charge in [-0.3, -0.25) is 13.9 Å². The number of carbonyl (C=O) groups excluding carboxylic acids is 1. The second-order valence-electron chi connectivity index (χ2n) is 6.66. The summed E-state index contributed by atoms with van der Waals surface area (Å²) in [6, 6.07) is 6.22. The van der Waals surface area contributed by atoms with Crippen molar-refractivity contribution in [3.63, 3.8) is 0 Å². The molecule has 0 aliphatic carbocycles. The Bertz CT molecular complexity index is 1350. The summed E-state index contributed by atoms with van der Waals surface area (Å²) < 4.78 is 29.3. The molecule has 1 amide bonds. The Balaban J connectivity index is 1.47. The van der Waals surface area contributed by atoms with Crippen LogP contribution in [0.5, 0.6) is 0 Å². The highest BCUT2D eigenvalue weighted by Gasteiger charge is 2.21. The molecule has 0 bridgehead atoms. The number of carbonyl (C=O) groups is 1. The molecule has 0 aliphatic rings. The lowest BCUT2D eigenvalue weighted by Crippen LogP contribution is -2.23. The number of amides is 1. The molecule has 0 unspecified atom stereocenters. The van der Waals surface area contributed by atoms with Crippen molar-refractivity contribution in [2.75, 3.05) is 0 Å². The van der Waals surface area contributed by atoms with Crippen molar-refractivity contribution in [3.8, 4) is 0 Å².